The normalized spacial score (nSPS) is 32.2. The van der Waals surface area contributed by atoms with Gasteiger partial charge in [0.25, 0.3) is 0 Å². The molecule has 3 fully saturated rings. The minimum Gasteiger partial charge on any atom is -0.375 e. The van der Waals surface area contributed by atoms with Crippen LogP contribution in [0.5, 0.6) is 0 Å². The first-order chi connectivity index (χ1) is 9.42. The van der Waals surface area contributed by atoms with Crippen molar-refractivity contribution >= 4 is 0 Å². The first-order valence-electron chi connectivity index (χ1n) is 7.54. The first kappa shape index (κ1) is 11.8. The summed E-state index contributed by atoms with van der Waals surface area (Å²) >= 11 is 0. The molecule has 1 aliphatic heterocycles. The van der Waals surface area contributed by atoms with Crippen LogP contribution in [0.25, 0.3) is 0 Å². The number of hydrogen-bond acceptors (Lipinski definition) is 5. The van der Waals surface area contributed by atoms with Crippen molar-refractivity contribution in [3.63, 3.8) is 0 Å². The zero-order valence-electron chi connectivity index (χ0n) is 11.2. The van der Waals surface area contributed by atoms with E-state index in [9.17, 15) is 0 Å². The third-order valence-electron chi connectivity index (χ3n) is 4.65. The highest BCUT2D eigenvalue weighted by Crippen LogP contribution is 2.35. The number of fused-ring (bicyclic) bond motifs is 1. The minimum absolute atomic E-state index is 0.438. The lowest BCUT2D eigenvalue weighted by Gasteiger charge is -2.43. The van der Waals surface area contributed by atoms with Gasteiger partial charge in [0.05, 0.1) is 25.3 Å². The van der Waals surface area contributed by atoms with Gasteiger partial charge in [-0.2, -0.15) is 0 Å². The summed E-state index contributed by atoms with van der Waals surface area (Å²) in [6, 6.07) is 1.14. The van der Waals surface area contributed by atoms with Crippen molar-refractivity contribution in [2.45, 2.75) is 63.3 Å². The molecule has 6 nitrogen and oxygen atoms in total. The second-order valence-corrected chi connectivity index (χ2v) is 6.00. The first-order valence-corrected chi connectivity index (χ1v) is 7.54. The van der Waals surface area contributed by atoms with E-state index in [0.717, 1.165) is 25.5 Å². The van der Waals surface area contributed by atoms with Crippen LogP contribution >= 0.6 is 0 Å². The van der Waals surface area contributed by atoms with E-state index >= 15 is 0 Å². The average Bonchev–Trinajstić information content (AvgIpc) is 3.20. The largest absolute Gasteiger partial charge is 0.375 e. The van der Waals surface area contributed by atoms with E-state index in [1.54, 1.807) is 0 Å². The number of morpholine rings is 1. The molecule has 2 saturated carbocycles. The fraction of sp³-hybridized carbons (Fsp3) is 0.923. The molecule has 0 spiro atoms. The zero-order valence-corrected chi connectivity index (χ0v) is 11.2. The summed E-state index contributed by atoms with van der Waals surface area (Å²) in [5, 5.41) is 12.2. The van der Waals surface area contributed by atoms with Crippen LogP contribution in [0.1, 0.15) is 50.4 Å². The Morgan fingerprint density at radius 2 is 2.05 bits per heavy atom. The molecule has 2 heterocycles. The molecule has 3 aliphatic rings. The van der Waals surface area contributed by atoms with Crippen molar-refractivity contribution in [2.24, 2.45) is 0 Å². The van der Waals surface area contributed by atoms with Crippen molar-refractivity contribution in [1.82, 2.24) is 25.1 Å². The van der Waals surface area contributed by atoms with E-state index < -0.39 is 0 Å². The van der Waals surface area contributed by atoms with Crippen molar-refractivity contribution in [2.75, 3.05) is 13.2 Å². The molecule has 0 radical (unpaired) electrons. The van der Waals surface area contributed by atoms with Gasteiger partial charge >= 0.3 is 0 Å². The quantitative estimate of drug-likeness (QED) is 0.819. The summed E-state index contributed by atoms with van der Waals surface area (Å²) in [6.07, 6.45) is 8.02. The molecule has 2 unspecified atom stereocenters. The second-order valence-electron chi connectivity index (χ2n) is 6.00. The molecule has 0 bridgehead atoms. The van der Waals surface area contributed by atoms with Crippen LogP contribution < -0.4 is 0 Å². The standard InChI is InChI=1S/C13H21N5O/c1-2-4-12-11(3-1)17(7-8-19-12)9-13-14-15-16-18(13)10-5-6-10/h10-12H,1-9H2. The van der Waals surface area contributed by atoms with Gasteiger partial charge in [0.1, 0.15) is 0 Å². The van der Waals surface area contributed by atoms with Gasteiger partial charge in [-0.3, -0.25) is 4.90 Å². The smallest absolute Gasteiger partial charge is 0.165 e. The topological polar surface area (TPSA) is 56.1 Å². The Balaban J connectivity index is 1.49. The van der Waals surface area contributed by atoms with E-state index in [1.807, 2.05) is 4.68 Å². The van der Waals surface area contributed by atoms with Crippen LogP contribution in [0.3, 0.4) is 0 Å². The van der Waals surface area contributed by atoms with Gasteiger partial charge in [-0.25, -0.2) is 4.68 Å². The Morgan fingerprint density at radius 1 is 1.16 bits per heavy atom. The van der Waals surface area contributed by atoms with Crippen LogP contribution in [0.4, 0.5) is 0 Å². The van der Waals surface area contributed by atoms with Gasteiger partial charge in [-0.1, -0.05) is 12.8 Å². The third-order valence-corrected chi connectivity index (χ3v) is 4.65. The van der Waals surface area contributed by atoms with Crippen LogP contribution in [-0.2, 0) is 11.3 Å². The fourth-order valence-electron chi connectivity index (χ4n) is 3.47. The lowest BCUT2D eigenvalue weighted by Crippen LogP contribution is -2.52. The summed E-state index contributed by atoms with van der Waals surface area (Å²) in [5.74, 6) is 1.04. The van der Waals surface area contributed by atoms with Crippen molar-refractivity contribution in [3.8, 4) is 0 Å². The van der Waals surface area contributed by atoms with Crippen LogP contribution in [0, 0.1) is 0 Å². The predicted octanol–water partition coefficient (Wildman–Crippen LogP) is 1.15. The van der Waals surface area contributed by atoms with Gasteiger partial charge < -0.3 is 4.74 Å². The van der Waals surface area contributed by atoms with E-state index in [4.69, 9.17) is 4.74 Å². The third kappa shape index (κ3) is 2.27. The number of aromatic nitrogens is 4. The molecule has 2 aliphatic carbocycles. The maximum absolute atomic E-state index is 5.92. The molecule has 0 aromatic carbocycles. The number of tetrazole rings is 1. The van der Waals surface area contributed by atoms with E-state index in [0.29, 0.717) is 18.2 Å². The molecule has 4 rings (SSSR count). The van der Waals surface area contributed by atoms with Crippen LogP contribution in [0.15, 0.2) is 0 Å². The minimum atomic E-state index is 0.438. The molecule has 19 heavy (non-hydrogen) atoms. The molecule has 0 amide bonds. The molecule has 1 aromatic heterocycles. The molecular weight excluding hydrogens is 242 g/mol. The van der Waals surface area contributed by atoms with Crippen molar-refractivity contribution < 1.29 is 4.74 Å². The lowest BCUT2D eigenvalue weighted by molar-refractivity contribution is -0.0921. The average molecular weight is 263 g/mol. The van der Waals surface area contributed by atoms with Crippen molar-refractivity contribution in [1.29, 1.82) is 0 Å². The van der Waals surface area contributed by atoms with Gasteiger partial charge in [-0.15, -0.1) is 5.10 Å². The Labute approximate surface area is 113 Å². The lowest BCUT2D eigenvalue weighted by atomic mass is 9.90. The SMILES string of the molecule is C1CCC2C(C1)OCCN2Cc1nnnn1C1CC1. The van der Waals surface area contributed by atoms with Crippen LogP contribution in [0.2, 0.25) is 0 Å². The fourth-order valence-corrected chi connectivity index (χ4v) is 3.47. The second kappa shape index (κ2) is 4.83. The highest BCUT2D eigenvalue weighted by atomic mass is 16.5. The molecule has 104 valence electrons. The summed E-state index contributed by atoms with van der Waals surface area (Å²) < 4.78 is 7.96. The monoisotopic (exact) mass is 263 g/mol. The molecule has 0 N–H and O–H groups in total. The van der Waals surface area contributed by atoms with Gasteiger partial charge in [0, 0.05) is 12.6 Å². The molecule has 6 heteroatoms. The van der Waals surface area contributed by atoms with Gasteiger partial charge in [0.15, 0.2) is 5.82 Å². The van der Waals surface area contributed by atoms with E-state index in [-0.39, 0.29) is 0 Å². The summed E-state index contributed by atoms with van der Waals surface area (Å²) in [7, 11) is 0. The van der Waals surface area contributed by atoms with Crippen LogP contribution in [-0.4, -0.2) is 50.4 Å². The summed E-state index contributed by atoms with van der Waals surface area (Å²) in [6.45, 7) is 2.75. The highest BCUT2D eigenvalue weighted by molar-refractivity contribution is 4.94. The molecule has 2 atom stereocenters. The Morgan fingerprint density at radius 3 is 2.95 bits per heavy atom. The van der Waals surface area contributed by atoms with E-state index in [1.165, 1.54) is 38.5 Å². The van der Waals surface area contributed by atoms with Gasteiger partial charge in [0.2, 0.25) is 0 Å². The molecule has 1 saturated heterocycles. The number of nitrogens with zero attached hydrogens (tertiary/aromatic N) is 5. The van der Waals surface area contributed by atoms with Gasteiger partial charge in [-0.05, 0) is 36.1 Å². The number of ether oxygens (including phenoxy) is 1. The molecule has 1 aromatic rings. The Hall–Kier alpha value is -1.01. The maximum Gasteiger partial charge on any atom is 0.165 e. The predicted molar refractivity (Wildman–Crippen MR) is 68.5 cm³/mol. The summed E-state index contributed by atoms with van der Waals surface area (Å²) in [4.78, 5) is 2.54. The molecular formula is C13H21N5O. The summed E-state index contributed by atoms with van der Waals surface area (Å²) in [5.41, 5.74) is 0. The Bertz CT molecular complexity index is 442. The zero-order chi connectivity index (χ0) is 12.7. The highest BCUT2D eigenvalue weighted by Gasteiger charge is 2.35. The van der Waals surface area contributed by atoms with Crippen molar-refractivity contribution in [3.05, 3.63) is 5.82 Å². The maximum atomic E-state index is 5.92. The number of hydrogen-bond donors (Lipinski definition) is 0. The van der Waals surface area contributed by atoms with E-state index in [2.05, 4.69) is 20.4 Å². The Kier molecular flexibility index (Phi) is 3.00. The number of rotatable bonds is 3.